The number of rotatable bonds is 11. The van der Waals surface area contributed by atoms with Gasteiger partial charge in [0.15, 0.2) is 0 Å². The summed E-state index contributed by atoms with van der Waals surface area (Å²) < 4.78 is 33.7. The van der Waals surface area contributed by atoms with Crippen molar-refractivity contribution in [1.29, 1.82) is 0 Å². The van der Waals surface area contributed by atoms with Gasteiger partial charge in [0.25, 0.3) is 15.9 Å². The molecule has 0 fully saturated rings. The Kier molecular flexibility index (Phi) is 8.71. The minimum absolute atomic E-state index is 0.115. The Balaban J connectivity index is 1.57. The lowest BCUT2D eigenvalue weighted by Crippen LogP contribution is -2.14. The highest BCUT2D eigenvalue weighted by molar-refractivity contribution is 7.92. The molecule has 0 atom stereocenters. The van der Waals surface area contributed by atoms with E-state index in [4.69, 9.17) is 4.74 Å². The van der Waals surface area contributed by atoms with Crippen LogP contribution in [0.1, 0.15) is 54.1 Å². The van der Waals surface area contributed by atoms with Crippen molar-refractivity contribution in [2.24, 2.45) is 0 Å². The Hall–Kier alpha value is -3.32. The first-order chi connectivity index (χ1) is 16.3. The summed E-state index contributed by atoms with van der Waals surface area (Å²) in [6.07, 6.45) is 4.56. The lowest BCUT2D eigenvalue weighted by molar-refractivity contribution is 0.102. The van der Waals surface area contributed by atoms with Gasteiger partial charge in [-0.15, -0.1) is 0 Å². The number of unbranched alkanes of at least 4 members (excludes halogenated alkanes) is 3. The van der Waals surface area contributed by atoms with E-state index in [0.29, 0.717) is 23.5 Å². The molecule has 0 spiro atoms. The predicted molar refractivity (Wildman–Crippen MR) is 137 cm³/mol. The fourth-order valence-electron chi connectivity index (χ4n) is 3.36. The Bertz CT molecular complexity index is 1200. The number of sulfonamides is 1. The summed E-state index contributed by atoms with van der Waals surface area (Å²) >= 11 is 0. The summed E-state index contributed by atoms with van der Waals surface area (Å²) in [6.45, 7) is 6.74. The molecule has 0 aliphatic carbocycles. The van der Waals surface area contributed by atoms with Crippen LogP contribution in [0.3, 0.4) is 0 Å². The third kappa shape index (κ3) is 7.09. The number of anilines is 2. The third-order valence-corrected chi connectivity index (χ3v) is 6.96. The van der Waals surface area contributed by atoms with Crippen LogP contribution in [-0.2, 0) is 10.0 Å². The van der Waals surface area contributed by atoms with Crippen LogP contribution in [-0.4, -0.2) is 20.9 Å². The van der Waals surface area contributed by atoms with Gasteiger partial charge in [-0.3, -0.25) is 9.52 Å². The Morgan fingerprint density at radius 1 is 0.824 bits per heavy atom. The summed E-state index contributed by atoms with van der Waals surface area (Å²) in [4.78, 5) is 12.7. The number of hydrogen-bond donors (Lipinski definition) is 2. The van der Waals surface area contributed by atoms with Gasteiger partial charge in [-0.1, -0.05) is 32.3 Å². The SMILES string of the molecule is CCCCCCOc1ccc(C(=O)Nc2ccc(S(=O)(=O)Nc3ccc(C)c(C)c3)cc2)cc1. The van der Waals surface area contributed by atoms with Crippen LogP contribution in [0.5, 0.6) is 5.75 Å². The van der Waals surface area contributed by atoms with Crippen molar-refractivity contribution in [3.8, 4) is 5.75 Å². The molecule has 0 saturated carbocycles. The molecule has 2 N–H and O–H groups in total. The number of carbonyl (C=O) groups is 1. The highest BCUT2D eigenvalue weighted by atomic mass is 32.2. The van der Waals surface area contributed by atoms with Gasteiger partial charge in [0.2, 0.25) is 0 Å². The van der Waals surface area contributed by atoms with Crippen molar-refractivity contribution in [2.75, 3.05) is 16.6 Å². The van der Waals surface area contributed by atoms with Crippen LogP contribution in [0.4, 0.5) is 11.4 Å². The average molecular weight is 481 g/mol. The van der Waals surface area contributed by atoms with E-state index in [0.717, 1.165) is 29.7 Å². The van der Waals surface area contributed by atoms with Crippen molar-refractivity contribution in [2.45, 2.75) is 51.3 Å². The van der Waals surface area contributed by atoms with Gasteiger partial charge in [-0.05, 0) is 92.1 Å². The zero-order chi connectivity index (χ0) is 24.6. The first-order valence-electron chi connectivity index (χ1n) is 11.5. The largest absolute Gasteiger partial charge is 0.494 e. The number of ether oxygens (including phenoxy) is 1. The second-order valence-electron chi connectivity index (χ2n) is 8.32. The molecule has 3 aromatic carbocycles. The molecule has 180 valence electrons. The first-order valence-corrected chi connectivity index (χ1v) is 13.0. The molecule has 0 aliphatic rings. The van der Waals surface area contributed by atoms with Gasteiger partial charge >= 0.3 is 0 Å². The molecule has 3 aromatic rings. The number of aryl methyl sites for hydroxylation is 2. The minimum Gasteiger partial charge on any atom is -0.494 e. The highest BCUT2D eigenvalue weighted by Gasteiger charge is 2.15. The highest BCUT2D eigenvalue weighted by Crippen LogP contribution is 2.21. The maximum Gasteiger partial charge on any atom is 0.261 e. The monoisotopic (exact) mass is 480 g/mol. The number of carbonyl (C=O) groups excluding carboxylic acids is 1. The molecule has 1 amide bonds. The van der Waals surface area contributed by atoms with Crippen LogP contribution < -0.4 is 14.8 Å². The molecule has 0 bridgehead atoms. The summed E-state index contributed by atoms with van der Waals surface area (Å²) in [6, 6.07) is 18.5. The molecular weight excluding hydrogens is 448 g/mol. The average Bonchev–Trinajstić information content (AvgIpc) is 2.82. The predicted octanol–water partition coefficient (Wildman–Crippen LogP) is 6.32. The third-order valence-electron chi connectivity index (χ3n) is 5.56. The van der Waals surface area contributed by atoms with E-state index in [1.807, 2.05) is 19.9 Å². The zero-order valence-electron chi connectivity index (χ0n) is 19.9. The topological polar surface area (TPSA) is 84.5 Å². The van der Waals surface area contributed by atoms with Gasteiger partial charge < -0.3 is 10.1 Å². The van der Waals surface area contributed by atoms with E-state index in [1.54, 1.807) is 48.5 Å². The lowest BCUT2D eigenvalue weighted by Gasteiger charge is -2.11. The Morgan fingerprint density at radius 3 is 2.15 bits per heavy atom. The summed E-state index contributed by atoms with van der Waals surface area (Å²) in [5, 5.41) is 2.79. The molecule has 3 rings (SSSR count). The van der Waals surface area contributed by atoms with Crippen molar-refractivity contribution >= 4 is 27.3 Å². The maximum absolute atomic E-state index is 12.7. The van der Waals surface area contributed by atoms with E-state index in [1.165, 1.54) is 25.0 Å². The smallest absolute Gasteiger partial charge is 0.261 e. The number of benzene rings is 3. The molecule has 0 radical (unpaired) electrons. The summed E-state index contributed by atoms with van der Waals surface area (Å²) in [5.74, 6) is 0.456. The summed E-state index contributed by atoms with van der Waals surface area (Å²) in [7, 11) is -3.73. The van der Waals surface area contributed by atoms with Crippen LogP contribution in [0.2, 0.25) is 0 Å². The van der Waals surface area contributed by atoms with Crippen LogP contribution in [0.15, 0.2) is 71.6 Å². The van der Waals surface area contributed by atoms with Crippen LogP contribution in [0, 0.1) is 13.8 Å². The number of nitrogens with one attached hydrogen (secondary N) is 2. The van der Waals surface area contributed by atoms with Gasteiger partial charge in [0.1, 0.15) is 5.75 Å². The normalized spacial score (nSPS) is 11.1. The molecule has 0 aliphatic heterocycles. The lowest BCUT2D eigenvalue weighted by atomic mass is 10.1. The number of amides is 1. The van der Waals surface area contributed by atoms with Crippen LogP contribution in [0.25, 0.3) is 0 Å². The Labute approximate surface area is 202 Å². The second kappa shape index (κ2) is 11.7. The number of hydrogen-bond acceptors (Lipinski definition) is 4. The quantitative estimate of drug-likeness (QED) is 0.315. The van der Waals surface area contributed by atoms with Crippen molar-refractivity contribution in [1.82, 2.24) is 0 Å². The maximum atomic E-state index is 12.7. The van der Waals surface area contributed by atoms with Crippen molar-refractivity contribution < 1.29 is 17.9 Å². The molecule has 7 heteroatoms. The molecular formula is C27H32N2O4S. The first kappa shape index (κ1) is 25.3. The Morgan fingerprint density at radius 2 is 1.50 bits per heavy atom. The molecule has 0 aromatic heterocycles. The summed E-state index contributed by atoms with van der Waals surface area (Å²) in [5.41, 5.74) is 3.60. The fraction of sp³-hybridized carbons (Fsp3) is 0.296. The van der Waals surface area contributed by atoms with E-state index < -0.39 is 10.0 Å². The van der Waals surface area contributed by atoms with Gasteiger partial charge in [-0.25, -0.2) is 8.42 Å². The van der Waals surface area contributed by atoms with Crippen molar-refractivity contribution in [3.05, 3.63) is 83.4 Å². The second-order valence-corrected chi connectivity index (χ2v) is 10.00. The molecule has 0 unspecified atom stereocenters. The van der Waals surface area contributed by atoms with E-state index >= 15 is 0 Å². The standard InChI is InChI=1S/C27H32N2O4S/c1-4-5-6-7-18-33-25-14-9-22(10-15-25)27(30)28-23-12-16-26(17-13-23)34(31,32)29-24-11-8-20(2)21(3)19-24/h8-17,19,29H,4-7,18H2,1-3H3,(H,28,30). The van der Waals surface area contributed by atoms with Crippen molar-refractivity contribution in [3.63, 3.8) is 0 Å². The fourth-order valence-corrected chi connectivity index (χ4v) is 4.41. The van der Waals surface area contributed by atoms with E-state index in [2.05, 4.69) is 17.0 Å². The minimum atomic E-state index is -3.73. The van der Waals surface area contributed by atoms with E-state index in [9.17, 15) is 13.2 Å². The van der Waals surface area contributed by atoms with Crippen LogP contribution >= 0.6 is 0 Å². The van der Waals surface area contributed by atoms with Gasteiger partial charge in [0.05, 0.1) is 11.5 Å². The molecule has 0 heterocycles. The van der Waals surface area contributed by atoms with E-state index in [-0.39, 0.29) is 10.8 Å². The zero-order valence-corrected chi connectivity index (χ0v) is 20.7. The molecule has 34 heavy (non-hydrogen) atoms. The molecule has 6 nitrogen and oxygen atoms in total. The van der Waals surface area contributed by atoms with Gasteiger partial charge in [0, 0.05) is 16.9 Å². The van der Waals surface area contributed by atoms with Gasteiger partial charge in [-0.2, -0.15) is 0 Å². The molecule has 0 saturated heterocycles.